The van der Waals surface area contributed by atoms with E-state index < -0.39 is 10.0 Å². The third-order valence-corrected chi connectivity index (χ3v) is 4.69. The van der Waals surface area contributed by atoms with Crippen LogP contribution in [-0.4, -0.2) is 61.6 Å². The Morgan fingerprint density at radius 2 is 2.00 bits per heavy atom. The van der Waals surface area contributed by atoms with Gasteiger partial charge in [-0.2, -0.15) is 0 Å². The summed E-state index contributed by atoms with van der Waals surface area (Å²) in [5, 5.41) is 4.94. The van der Waals surface area contributed by atoms with Gasteiger partial charge in [-0.15, -0.1) is 0 Å². The topological polar surface area (TPSA) is 83.7 Å². The molecule has 1 rings (SSSR count). The average molecular weight is 305 g/mol. The van der Waals surface area contributed by atoms with Crippen molar-refractivity contribution in [2.24, 2.45) is 5.14 Å². The van der Waals surface area contributed by atoms with Crippen LogP contribution in [0.5, 0.6) is 0 Å². The Kier molecular flexibility index (Phi) is 6.42. The molecule has 0 aromatic heterocycles. The number of hydrogen-bond donors (Lipinski definition) is 1. The first-order valence-electron chi connectivity index (χ1n) is 7.28. The molecule has 1 unspecified atom stereocenters. The number of carbonyl (C=O) groups is 1. The summed E-state index contributed by atoms with van der Waals surface area (Å²) in [5.74, 6) is -0.0856. The Morgan fingerprint density at radius 3 is 2.50 bits per heavy atom. The number of nitrogens with two attached hydrogens (primary N) is 1. The largest absolute Gasteiger partial charge is 0.340 e. The second-order valence-electron chi connectivity index (χ2n) is 5.70. The molecule has 1 aliphatic rings. The summed E-state index contributed by atoms with van der Waals surface area (Å²) in [6, 6.07) is 0.880. The molecule has 20 heavy (non-hydrogen) atoms. The summed E-state index contributed by atoms with van der Waals surface area (Å²) in [5.41, 5.74) is 0. The predicted octanol–water partition coefficient (Wildman–Crippen LogP) is 0.386. The van der Waals surface area contributed by atoms with Gasteiger partial charge in [-0.05, 0) is 26.7 Å². The quantitative estimate of drug-likeness (QED) is 0.769. The standard InChI is InChI=1S/C13H27N3O3S/c1-4-12-10-15(7-8-16(12)11(2)3)13(17)6-5-9-20(14,18)19/h11-12H,4-10H2,1-3H3,(H2,14,18,19). The summed E-state index contributed by atoms with van der Waals surface area (Å²) in [6.07, 6.45) is 1.58. The third-order valence-electron chi connectivity index (χ3n) is 3.84. The van der Waals surface area contributed by atoms with Gasteiger partial charge in [0.2, 0.25) is 15.9 Å². The zero-order valence-corrected chi connectivity index (χ0v) is 13.5. The molecule has 1 aliphatic heterocycles. The minimum absolute atomic E-state index is 0.0375. The van der Waals surface area contributed by atoms with Crippen LogP contribution in [0.2, 0.25) is 0 Å². The van der Waals surface area contributed by atoms with Gasteiger partial charge in [-0.25, -0.2) is 13.6 Å². The molecule has 0 aliphatic carbocycles. The molecule has 7 heteroatoms. The van der Waals surface area contributed by atoms with Crippen molar-refractivity contribution in [1.29, 1.82) is 0 Å². The minimum atomic E-state index is -3.46. The monoisotopic (exact) mass is 305 g/mol. The van der Waals surface area contributed by atoms with Crippen molar-refractivity contribution in [2.75, 3.05) is 25.4 Å². The van der Waals surface area contributed by atoms with Crippen LogP contribution in [0.15, 0.2) is 0 Å². The van der Waals surface area contributed by atoms with Gasteiger partial charge in [0.15, 0.2) is 0 Å². The van der Waals surface area contributed by atoms with Crippen molar-refractivity contribution in [3.8, 4) is 0 Å². The van der Waals surface area contributed by atoms with Crippen molar-refractivity contribution in [3.05, 3.63) is 0 Å². The third kappa shape index (κ3) is 5.38. The van der Waals surface area contributed by atoms with Crippen molar-refractivity contribution in [1.82, 2.24) is 9.80 Å². The van der Waals surface area contributed by atoms with Crippen molar-refractivity contribution < 1.29 is 13.2 Å². The van der Waals surface area contributed by atoms with Crippen LogP contribution in [0.25, 0.3) is 0 Å². The second-order valence-corrected chi connectivity index (χ2v) is 7.44. The molecule has 0 aromatic rings. The minimum Gasteiger partial charge on any atom is -0.340 e. The van der Waals surface area contributed by atoms with E-state index in [1.807, 2.05) is 4.90 Å². The molecule has 0 spiro atoms. The van der Waals surface area contributed by atoms with Crippen LogP contribution in [0.1, 0.15) is 40.0 Å². The lowest BCUT2D eigenvalue weighted by molar-refractivity contribution is -0.134. The van der Waals surface area contributed by atoms with Crippen LogP contribution in [0, 0.1) is 0 Å². The Hall–Kier alpha value is -0.660. The number of amides is 1. The van der Waals surface area contributed by atoms with Crippen LogP contribution in [0.4, 0.5) is 0 Å². The smallest absolute Gasteiger partial charge is 0.222 e. The van der Waals surface area contributed by atoms with Gasteiger partial charge in [0.1, 0.15) is 0 Å². The number of primary sulfonamides is 1. The first-order valence-corrected chi connectivity index (χ1v) is 9.00. The lowest BCUT2D eigenvalue weighted by Crippen LogP contribution is -2.56. The van der Waals surface area contributed by atoms with Crippen LogP contribution < -0.4 is 5.14 Å². The number of rotatable bonds is 6. The molecule has 1 amide bonds. The Bertz CT molecular complexity index is 423. The van der Waals surface area contributed by atoms with Crippen LogP contribution in [0.3, 0.4) is 0 Å². The summed E-state index contributed by atoms with van der Waals surface area (Å²) in [7, 11) is -3.46. The van der Waals surface area contributed by atoms with E-state index in [1.54, 1.807) is 0 Å². The van der Waals surface area contributed by atoms with Gasteiger partial charge in [-0.1, -0.05) is 6.92 Å². The fourth-order valence-electron chi connectivity index (χ4n) is 2.72. The first-order chi connectivity index (χ1) is 9.24. The highest BCUT2D eigenvalue weighted by molar-refractivity contribution is 7.89. The zero-order chi connectivity index (χ0) is 15.3. The Labute approximate surface area is 122 Å². The molecule has 0 aromatic carbocycles. The highest BCUT2D eigenvalue weighted by Gasteiger charge is 2.29. The Balaban J connectivity index is 2.47. The summed E-state index contributed by atoms with van der Waals surface area (Å²) in [6.45, 7) is 8.83. The lowest BCUT2D eigenvalue weighted by Gasteiger charge is -2.43. The Morgan fingerprint density at radius 1 is 1.35 bits per heavy atom. The molecule has 1 atom stereocenters. The molecule has 6 nitrogen and oxygen atoms in total. The molecule has 2 N–H and O–H groups in total. The van der Waals surface area contributed by atoms with Gasteiger partial charge in [0.05, 0.1) is 5.75 Å². The highest BCUT2D eigenvalue weighted by atomic mass is 32.2. The zero-order valence-electron chi connectivity index (χ0n) is 12.7. The molecular weight excluding hydrogens is 278 g/mol. The van der Waals surface area contributed by atoms with E-state index in [-0.39, 0.29) is 18.1 Å². The molecule has 1 fully saturated rings. The normalized spacial score (nSPS) is 21.4. The van der Waals surface area contributed by atoms with E-state index in [4.69, 9.17) is 5.14 Å². The molecule has 0 bridgehead atoms. The van der Waals surface area contributed by atoms with E-state index in [9.17, 15) is 13.2 Å². The van der Waals surface area contributed by atoms with E-state index >= 15 is 0 Å². The molecule has 1 saturated heterocycles. The maximum atomic E-state index is 12.1. The highest BCUT2D eigenvalue weighted by Crippen LogP contribution is 2.16. The van der Waals surface area contributed by atoms with Gasteiger partial charge < -0.3 is 4.90 Å². The molecule has 0 radical (unpaired) electrons. The van der Waals surface area contributed by atoms with Gasteiger partial charge in [-0.3, -0.25) is 9.69 Å². The predicted molar refractivity (Wildman–Crippen MR) is 79.7 cm³/mol. The number of sulfonamides is 1. The molecule has 118 valence electrons. The lowest BCUT2D eigenvalue weighted by atomic mass is 10.1. The van der Waals surface area contributed by atoms with Gasteiger partial charge in [0, 0.05) is 38.1 Å². The average Bonchev–Trinajstić information content (AvgIpc) is 2.36. The molecular formula is C13H27N3O3S. The van der Waals surface area contributed by atoms with E-state index in [0.29, 0.717) is 18.5 Å². The molecule has 0 saturated carbocycles. The summed E-state index contributed by atoms with van der Waals surface area (Å²) < 4.78 is 21.7. The van der Waals surface area contributed by atoms with Crippen LogP contribution >= 0.6 is 0 Å². The molecule has 1 heterocycles. The summed E-state index contributed by atoms with van der Waals surface area (Å²) in [4.78, 5) is 16.4. The maximum absolute atomic E-state index is 12.1. The van der Waals surface area contributed by atoms with Gasteiger partial charge >= 0.3 is 0 Å². The fraction of sp³-hybridized carbons (Fsp3) is 0.923. The van der Waals surface area contributed by atoms with E-state index in [1.165, 1.54) is 0 Å². The number of piperazine rings is 1. The SMILES string of the molecule is CCC1CN(C(=O)CCCS(N)(=O)=O)CCN1C(C)C. The first kappa shape index (κ1) is 17.4. The van der Waals surface area contributed by atoms with Crippen molar-refractivity contribution >= 4 is 15.9 Å². The number of hydrogen-bond acceptors (Lipinski definition) is 4. The van der Waals surface area contributed by atoms with Gasteiger partial charge in [0.25, 0.3) is 0 Å². The summed E-state index contributed by atoms with van der Waals surface area (Å²) >= 11 is 0. The van der Waals surface area contributed by atoms with Crippen molar-refractivity contribution in [2.45, 2.75) is 52.1 Å². The fourth-order valence-corrected chi connectivity index (χ4v) is 3.27. The van der Waals surface area contributed by atoms with E-state index in [2.05, 4.69) is 25.7 Å². The van der Waals surface area contributed by atoms with Crippen molar-refractivity contribution in [3.63, 3.8) is 0 Å². The second kappa shape index (κ2) is 7.38. The maximum Gasteiger partial charge on any atom is 0.222 e. The number of carbonyl (C=O) groups excluding carboxylic acids is 1. The van der Waals surface area contributed by atoms with Crippen LogP contribution in [-0.2, 0) is 14.8 Å². The van der Waals surface area contributed by atoms with E-state index in [0.717, 1.165) is 26.1 Å². The number of nitrogens with zero attached hydrogens (tertiary/aromatic N) is 2.